The molecule has 0 saturated carbocycles. The van der Waals surface area contributed by atoms with Crippen molar-refractivity contribution in [3.63, 3.8) is 0 Å². The maximum atomic E-state index is 13.6. The minimum Gasteiger partial charge on any atom is -0.368 e. The Morgan fingerprint density at radius 3 is 2.61 bits per heavy atom. The number of hydrogen-bond acceptors (Lipinski definition) is 6. The molecule has 2 aromatic carbocycles. The van der Waals surface area contributed by atoms with Crippen LogP contribution >= 0.6 is 11.6 Å². The van der Waals surface area contributed by atoms with Crippen LogP contribution < -0.4 is 22.0 Å². The van der Waals surface area contributed by atoms with E-state index < -0.39 is 6.04 Å². The average Bonchev–Trinajstić information content (AvgIpc) is 2.79. The second-order valence-electron chi connectivity index (χ2n) is 7.61. The highest BCUT2D eigenvalue weighted by Crippen LogP contribution is 2.28. The molecule has 8 nitrogen and oxygen atoms in total. The van der Waals surface area contributed by atoms with Crippen molar-refractivity contribution in [1.29, 1.82) is 0 Å². The third kappa shape index (κ3) is 3.60. The fraction of sp³-hybridized carbons (Fsp3) is 0.0833. The highest BCUT2D eigenvalue weighted by Gasteiger charge is 2.20. The van der Waals surface area contributed by atoms with Gasteiger partial charge in [-0.3, -0.25) is 14.2 Å². The van der Waals surface area contributed by atoms with Crippen LogP contribution in [-0.2, 0) is 0 Å². The van der Waals surface area contributed by atoms with Gasteiger partial charge < -0.3 is 16.0 Å². The molecule has 0 bridgehead atoms. The van der Waals surface area contributed by atoms with Gasteiger partial charge in [0, 0.05) is 23.6 Å². The zero-order chi connectivity index (χ0) is 23.1. The van der Waals surface area contributed by atoms with E-state index >= 15 is 0 Å². The number of rotatable bonds is 4. The van der Waals surface area contributed by atoms with Crippen molar-refractivity contribution in [1.82, 2.24) is 19.5 Å². The fourth-order valence-electron chi connectivity index (χ4n) is 3.98. The average molecular weight is 459 g/mol. The molecule has 5 aromatic rings. The van der Waals surface area contributed by atoms with E-state index in [-0.39, 0.29) is 28.1 Å². The van der Waals surface area contributed by atoms with Gasteiger partial charge in [-0.25, -0.2) is 0 Å². The number of nitrogen functional groups attached to an aromatic ring is 1. The summed E-state index contributed by atoms with van der Waals surface area (Å²) in [4.78, 5) is 37.4. The van der Waals surface area contributed by atoms with Gasteiger partial charge in [0.05, 0.1) is 16.5 Å². The molecule has 0 spiro atoms. The van der Waals surface area contributed by atoms with Crippen molar-refractivity contribution < 1.29 is 0 Å². The van der Waals surface area contributed by atoms with E-state index in [2.05, 4.69) is 20.3 Å². The van der Waals surface area contributed by atoms with E-state index in [1.54, 1.807) is 16.7 Å². The van der Waals surface area contributed by atoms with E-state index in [1.807, 2.05) is 49.4 Å². The van der Waals surface area contributed by atoms with Crippen molar-refractivity contribution in [2.24, 2.45) is 0 Å². The number of H-pyrrole nitrogens is 1. The number of nitrogens with zero attached hydrogens (tertiary/aromatic N) is 3. The van der Waals surface area contributed by atoms with E-state index in [0.29, 0.717) is 32.8 Å². The molecular weight excluding hydrogens is 440 g/mol. The van der Waals surface area contributed by atoms with Crippen molar-refractivity contribution in [3.05, 3.63) is 98.2 Å². The van der Waals surface area contributed by atoms with Gasteiger partial charge in [0.25, 0.3) is 5.56 Å². The maximum absolute atomic E-state index is 13.6. The van der Waals surface area contributed by atoms with Crippen LogP contribution in [0.3, 0.4) is 0 Å². The summed E-state index contributed by atoms with van der Waals surface area (Å²) in [6, 6.07) is 17.5. The number of aromatic nitrogens is 4. The van der Waals surface area contributed by atoms with Crippen LogP contribution in [0, 0.1) is 0 Å². The minimum atomic E-state index is -0.432. The lowest BCUT2D eigenvalue weighted by Gasteiger charge is -2.22. The number of nitrogens with two attached hydrogens (primary N) is 1. The molecule has 0 fully saturated rings. The summed E-state index contributed by atoms with van der Waals surface area (Å²) in [7, 11) is 0. The van der Waals surface area contributed by atoms with Crippen LogP contribution in [-0.4, -0.2) is 19.5 Å². The number of hydrogen-bond donors (Lipinski definition) is 3. The summed E-state index contributed by atoms with van der Waals surface area (Å²) < 4.78 is 1.61. The third-order valence-electron chi connectivity index (χ3n) is 5.46. The lowest BCUT2D eigenvalue weighted by molar-refractivity contribution is 0.774. The van der Waals surface area contributed by atoms with Gasteiger partial charge in [-0.05, 0) is 36.6 Å². The topological polar surface area (TPSA) is 119 Å². The minimum absolute atomic E-state index is 0.0183. The Kier molecular flexibility index (Phi) is 5.07. The number of para-hydroxylation sites is 1. The molecular formula is C24H19ClN6O2. The Morgan fingerprint density at radius 1 is 1.03 bits per heavy atom. The summed E-state index contributed by atoms with van der Waals surface area (Å²) in [6.07, 6.45) is 1.50. The molecule has 3 heterocycles. The van der Waals surface area contributed by atoms with Crippen molar-refractivity contribution in [2.45, 2.75) is 13.0 Å². The van der Waals surface area contributed by atoms with Crippen LogP contribution in [0.1, 0.15) is 18.7 Å². The van der Waals surface area contributed by atoms with Gasteiger partial charge in [0.15, 0.2) is 5.43 Å². The molecule has 0 radical (unpaired) electrons. The summed E-state index contributed by atoms with van der Waals surface area (Å²) in [5.41, 5.74) is 7.07. The summed E-state index contributed by atoms with van der Waals surface area (Å²) >= 11 is 6.39. The Hall–Kier alpha value is -4.17. The Bertz CT molecular complexity index is 1630. The maximum Gasteiger partial charge on any atom is 0.264 e. The molecule has 0 amide bonds. The monoisotopic (exact) mass is 458 g/mol. The molecule has 5 rings (SSSR count). The van der Waals surface area contributed by atoms with E-state index in [9.17, 15) is 9.59 Å². The lowest BCUT2D eigenvalue weighted by Crippen LogP contribution is -2.26. The summed E-state index contributed by atoms with van der Waals surface area (Å²) in [6.45, 7) is 1.88. The molecule has 0 aliphatic heterocycles. The van der Waals surface area contributed by atoms with Gasteiger partial charge in [-0.2, -0.15) is 9.97 Å². The molecule has 0 saturated heterocycles. The lowest BCUT2D eigenvalue weighted by atomic mass is 10.1. The van der Waals surface area contributed by atoms with Crippen LogP contribution in [0.25, 0.3) is 27.5 Å². The summed E-state index contributed by atoms with van der Waals surface area (Å²) in [5.74, 6) is 0.301. The molecule has 0 aliphatic rings. The normalized spacial score (nSPS) is 12.2. The van der Waals surface area contributed by atoms with Crippen LogP contribution in [0.2, 0.25) is 5.02 Å². The first kappa shape index (κ1) is 20.7. The van der Waals surface area contributed by atoms with Gasteiger partial charge in [-0.15, -0.1) is 0 Å². The number of pyridine rings is 2. The fourth-order valence-corrected chi connectivity index (χ4v) is 4.24. The van der Waals surface area contributed by atoms with Crippen LogP contribution in [0.4, 0.5) is 11.8 Å². The first-order valence-corrected chi connectivity index (χ1v) is 10.6. The Labute approximate surface area is 192 Å². The predicted octanol–water partition coefficient (Wildman–Crippen LogP) is 4.03. The number of nitrogens with one attached hydrogen (secondary N) is 2. The number of fused-ring (bicyclic) bond motifs is 2. The van der Waals surface area contributed by atoms with Crippen LogP contribution in [0.5, 0.6) is 0 Å². The molecule has 0 aliphatic carbocycles. The SMILES string of the molecule is CC(Nc1nc(N)nc2[nH]ccc(=O)c12)c1cc2cccc(Cl)c2c(=O)n1-c1ccccc1. The van der Waals surface area contributed by atoms with Gasteiger partial charge in [0.2, 0.25) is 5.95 Å². The molecule has 1 unspecified atom stereocenters. The van der Waals surface area contributed by atoms with Crippen molar-refractivity contribution in [3.8, 4) is 5.69 Å². The zero-order valence-corrected chi connectivity index (χ0v) is 18.3. The highest BCUT2D eigenvalue weighted by molar-refractivity contribution is 6.35. The zero-order valence-electron chi connectivity index (χ0n) is 17.5. The number of benzene rings is 2. The third-order valence-corrected chi connectivity index (χ3v) is 5.78. The van der Waals surface area contributed by atoms with Gasteiger partial charge in [0.1, 0.15) is 16.9 Å². The molecule has 9 heteroatoms. The highest BCUT2D eigenvalue weighted by atomic mass is 35.5. The van der Waals surface area contributed by atoms with Crippen molar-refractivity contribution in [2.75, 3.05) is 11.1 Å². The predicted molar refractivity (Wildman–Crippen MR) is 131 cm³/mol. The molecule has 33 heavy (non-hydrogen) atoms. The molecule has 4 N–H and O–H groups in total. The molecule has 164 valence electrons. The van der Waals surface area contributed by atoms with Gasteiger partial charge >= 0.3 is 0 Å². The standard InChI is InChI=1S/C24H19ClN6O2/c1-13(28-22-20-18(32)10-11-27-21(20)29-24(26)30-22)17-12-14-6-5-9-16(25)19(14)23(33)31(17)15-7-3-2-4-8-15/h2-13H,1H3,(H4,26,27,28,29,30,32). The second-order valence-corrected chi connectivity index (χ2v) is 8.02. The smallest absolute Gasteiger partial charge is 0.264 e. The second kappa shape index (κ2) is 8.07. The van der Waals surface area contributed by atoms with Gasteiger partial charge in [-0.1, -0.05) is 41.9 Å². The number of halogens is 1. The Balaban J connectivity index is 1.73. The first-order valence-electron chi connectivity index (χ1n) is 10.2. The van der Waals surface area contributed by atoms with Crippen LogP contribution in [0.15, 0.2) is 76.4 Å². The first-order chi connectivity index (χ1) is 15.9. The van der Waals surface area contributed by atoms with E-state index in [0.717, 1.165) is 0 Å². The number of aromatic amines is 1. The largest absolute Gasteiger partial charge is 0.368 e. The molecule has 3 aromatic heterocycles. The Morgan fingerprint density at radius 2 is 1.82 bits per heavy atom. The number of anilines is 2. The van der Waals surface area contributed by atoms with E-state index in [1.165, 1.54) is 12.3 Å². The summed E-state index contributed by atoms with van der Waals surface area (Å²) in [5, 5.41) is 5.08. The molecule has 1 atom stereocenters. The van der Waals surface area contributed by atoms with E-state index in [4.69, 9.17) is 17.3 Å². The van der Waals surface area contributed by atoms with Crippen molar-refractivity contribution >= 4 is 45.2 Å². The quantitative estimate of drug-likeness (QED) is 0.374.